The Labute approximate surface area is 185 Å². The van der Waals surface area contributed by atoms with Gasteiger partial charge in [0.25, 0.3) is 0 Å². The summed E-state index contributed by atoms with van der Waals surface area (Å²) in [5, 5.41) is 5.01. The number of urea groups is 1. The van der Waals surface area contributed by atoms with E-state index in [1.165, 1.54) is 0 Å². The third-order valence-electron chi connectivity index (χ3n) is 6.08. The summed E-state index contributed by atoms with van der Waals surface area (Å²) in [6, 6.07) is 5.76. The van der Waals surface area contributed by atoms with Gasteiger partial charge in [-0.25, -0.2) is 9.78 Å². The molecule has 5 heterocycles. The first-order valence-electron chi connectivity index (χ1n) is 10.7. The average molecular weight is 441 g/mol. The number of aromatic nitrogens is 4. The van der Waals surface area contributed by atoms with E-state index in [0.29, 0.717) is 37.4 Å². The largest absolute Gasteiger partial charge is 0.378 e. The third kappa shape index (κ3) is 4.50. The maximum atomic E-state index is 12.7. The summed E-state index contributed by atoms with van der Waals surface area (Å²) in [4.78, 5) is 25.4. The minimum Gasteiger partial charge on any atom is -0.378 e. The molecule has 3 aromatic heterocycles. The summed E-state index contributed by atoms with van der Waals surface area (Å²) in [6.45, 7) is 5.12. The molecule has 3 aromatic rings. The van der Waals surface area contributed by atoms with Crippen LogP contribution in [-0.4, -0.2) is 75.0 Å². The van der Waals surface area contributed by atoms with Gasteiger partial charge in [-0.05, 0) is 37.0 Å². The number of carbonyl (C=O) groups is 1. The van der Waals surface area contributed by atoms with Crippen LogP contribution < -0.4 is 0 Å². The van der Waals surface area contributed by atoms with E-state index in [0.717, 1.165) is 54.6 Å². The zero-order valence-corrected chi connectivity index (χ0v) is 18.0. The van der Waals surface area contributed by atoms with Crippen molar-refractivity contribution in [2.75, 3.05) is 39.4 Å². The van der Waals surface area contributed by atoms with E-state index in [9.17, 15) is 4.79 Å². The van der Waals surface area contributed by atoms with Crippen LogP contribution in [0.3, 0.4) is 0 Å². The van der Waals surface area contributed by atoms with Gasteiger partial charge in [-0.1, -0.05) is 11.6 Å². The van der Waals surface area contributed by atoms with Crippen LogP contribution in [0.15, 0.2) is 36.8 Å². The van der Waals surface area contributed by atoms with Gasteiger partial charge in [0.15, 0.2) is 0 Å². The Morgan fingerprint density at radius 1 is 1.03 bits per heavy atom. The van der Waals surface area contributed by atoms with Gasteiger partial charge in [0.2, 0.25) is 0 Å². The monoisotopic (exact) mass is 440 g/mol. The highest BCUT2D eigenvalue weighted by atomic mass is 35.5. The van der Waals surface area contributed by atoms with Gasteiger partial charge in [-0.2, -0.15) is 5.10 Å². The van der Waals surface area contributed by atoms with Crippen LogP contribution in [-0.2, 0) is 11.3 Å². The number of piperidine rings is 1. The lowest BCUT2D eigenvalue weighted by atomic mass is 9.97. The molecule has 0 radical (unpaired) electrons. The van der Waals surface area contributed by atoms with Gasteiger partial charge in [-0.3, -0.25) is 9.67 Å². The fourth-order valence-electron chi connectivity index (χ4n) is 4.28. The fraction of sp³-hybridized carbons (Fsp3) is 0.455. The van der Waals surface area contributed by atoms with Crippen molar-refractivity contribution in [1.29, 1.82) is 0 Å². The number of pyridine rings is 2. The maximum Gasteiger partial charge on any atom is 0.320 e. The molecular formula is C22H25ClN6O2. The minimum atomic E-state index is 0.153. The van der Waals surface area contributed by atoms with E-state index in [-0.39, 0.29) is 6.03 Å². The number of carbonyl (C=O) groups excluding carboxylic acids is 1. The Hall–Kier alpha value is -2.71. The Kier molecular flexibility index (Phi) is 5.74. The van der Waals surface area contributed by atoms with Crippen molar-refractivity contribution >= 4 is 28.7 Å². The minimum absolute atomic E-state index is 0.153. The highest BCUT2D eigenvalue weighted by molar-refractivity contribution is 6.29. The van der Waals surface area contributed by atoms with Gasteiger partial charge in [-0.15, -0.1) is 0 Å². The summed E-state index contributed by atoms with van der Waals surface area (Å²) in [6.07, 6.45) is 7.74. The number of morpholine rings is 1. The van der Waals surface area contributed by atoms with Crippen LogP contribution in [0, 0.1) is 5.92 Å². The van der Waals surface area contributed by atoms with Crippen LogP contribution in [0.1, 0.15) is 12.8 Å². The molecule has 9 heteroatoms. The molecule has 0 bridgehead atoms. The van der Waals surface area contributed by atoms with Gasteiger partial charge in [0, 0.05) is 56.2 Å². The molecular weight excluding hydrogens is 416 g/mol. The number of halogens is 1. The van der Waals surface area contributed by atoms with E-state index < -0.39 is 0 Å². The maximum absolute atomic E-state index is 12.7. The molecule has 2 saturated heterocycles. The number of ether oxygens (including phenoxy) is 1. The van der Waals surface area contributed by atoms with Crippen molar-refractivity contribution in [1.82, 2.24) is 29.5 Å². The van der Waals surface area contributed by atoms with E-state index in [1.807, 2.05) is 39.0 Å². The first kappa shape index (κ1) is 20.2. The van der Waals surface area contributed by atoms with Crippen LogP contribution in [0.5, 0.6) is 0 Å². The lowest BCUT2D eigenvalue weighted by Crippen LogP contribution is -2.50. The van der Waals surface area contributed by atoms with Gasteiger partial charge >= 0.3 is 6.03 Å². The number of hydrogen-bond acceptors (Lipinski definition) is 5. The lowest BCUT2D eigenvalue weighted by molar-refractivity contribution is 0.0396. The zero-order chi connectivity index (χ0) is 21.2. The SMILES string of the molecule is O=C(N1CCOCC1)N1CCC(Cn2cc(-c3cnc4ccc(Cl)nc4c3)cn2)CC1. The lowest BCUT2D eigenvalue weighted by Gasteiger charge is -2.37. The van der Waals surface area contributed by atoms with E-state index in [1.54, 1.807) is 6.07 Å². The van der Waals surface area contributed by atoms with Crippen LogP contribution in [0.2, 0.25) is 5.15 Å². The van der Waals surface area contributed by atoms with Crippen molar-refractivity contribution in [3.05, 3.63) is 41.9 Å². The molecule has 2 amide bonds. The number of likely N-dealkylation sites (tertiary alicyclic amines) is 1. The number of nitrogens with zero attached hydrogens (tertiary/aromatic N) is 6. The molecule has 8 nitrogen and oxygen atoms in total. The van der Waals surface area contributed by atoms with Crippen LogP contribution >= 0.6 is 11.6 Å². The van der Waals surface area contributed by atoms with Crippen molar-refractivity contribution in [2.24, 2.45) is 5.92 Å². The molecule has 0 N–H and O–H groups in total. The van der Waals surface area contributed by atoms with Crippen molar-refractivity contribution in [3.8, 4) is 11.1 Å². The summed E-state index contributed by atoms with van der Waals surface area (Å²) in [7, 11) is 0. The fourth-order valence-corrected chi connectivity index (χ4v) is 4.43. The summed E-state index contributed by atoms with van der Waals surface area (Å²) >= 11 is 6.02. The van der Waals surface area contributed by atoms with Gasteiger partial charge in [0.05, 0.1) is 30.4 Å². The molecule has 5 rings (SSSR count). The first-order valence-corrected chi connectivity index (χ1v) is 11.1. The Morgan fingerprint density at radius 3 is 2.61 bits per heavy atom. The van der Waals surface area contributed by atoms with Crippen LogP contribution in [0.4, 0.5) is 4.79 Å². The Morgan fingerprint density at radius 2 is 1.81 bits per heavy atom. The number of hydrogen-bond donors (Lipinski definition) is 0. The highest BCUT2D eigenvalue weighted by Crippen LogP contribution is 2.24. The highest BCUT2D eigenvalue weighted by Gasteiger charge is 2.27. The number of rotatable bonds is 3. The third-order valence-corrected chi connectivity index (χ3v) is 6.29. The van der Waals surface area contributed by atoms with E-state index >= 15 is 0 Å². The first-order chi connectivity index (χ1) is 15.2. The summed E-state index contributed by atoms with van der Waals surface area (Å²) < 4.78 is 7.34. The molecule has 2 fully saturated rings. The van der Waals surface area contributed by atoms with Gasteiger partial charge < -0.3 is 14.5 Å². The molecule has 2 aliphatic rings. The predicted molar refractivity (Wildman–Crippen MR) is 118 cm³/mol. The zero-order valence-electron chi connectivity index (χ0n) is 17.3. The van der Waals surface area contributed by atoms with Crippen molar-refractivity contribution in [2.45, 2.75) is 19.4 Å². The van der Waals surface area contributed by atoms with Crippen molar-refractivity contribution < 1.29 is 9.53 Å². The number of fused-ring (bicyclic) bond motifs is 1. The normalized spacial score (nSPS) is 18.0. The van der Waals surface area contributed by atoms with Crippen LogP contribution in [0.25, 0.3) is 22.2 Å². The van der Waals surface area contributed by atoms with E-state index in [2.05, 4.69) is 21.3 Å². The van der Waals surface area contributed by atoms with Gasteiger partial charge in [0.1, 0.15) is 5.15 Å². The Bertz CT molecular complexity index is 1070. The molecule has 0 aliphatic carbocycles. The average Bonchev–Trinajstić information content (AvgIpc) is 3.27. The molecule has 0 spiro atoms. The van der Waals surface area contributed by atoms with E-state index in [4.69, 9.17) is 16.3 Å². The molecule has 0 atom stereocenters. The summed E-state index contributed by atoms with van der Waals surface area (Å²) in [5.74, 6) is 0.511. The molecule has 0 unspecified atom stereocenters. The molecule has 31 heavy (non-hydrogen) atoms. The molecule has 2 aliphatic heterocycles. The quantitative estimate of drug-likeness (QED) is 0.584. The topological polar surface area (TPSA) is 76.4 Å². The second kappa shape index (κ2) is 8.80. The second-order valence-corrected chi connectivity index (χ2v) is 8.55. The summed E-state index contributed by atoms with van der Waals surface area (Å²) in [5.41, 5.74) is 3.57. The van der Waals surface area contributed by atoms with Crippen molar-refractivity contribution in [3.63, 3.8) is 0 Å². The Balaban J connectivity index is 1.19. The molecule has 0 saturated carbocycles. The predicted octanol–water partition coefficient (Wildman–Crippen LogP) is 3.31. The second-order valence-electron chi connectivity index (χ2n) is 8.16. The smallest absolute Gasteiger partial charge is 0.320 e. The standard InChI is InChI=1S/C22H25ClN6O2/c23-21-2-1-19-20(26-21)11-17(12-24-19)18-13-25-29(15-18)14-16-3-5-27(6-4-16)22(30)28-7-9-31-10-8-28/h1-2,11-13,15-16H,3-10,14H2. The number of amides is 2. The molecule has 162 valence electrons. The molecule has 0 aromatic carbocycles.